The van der Waals surface area contributed by atoms with E-state index in [0.29, 0.717) is 0 Å². The molecule has 3 rings (SSSR count). The second-order valence-corrected chi connectivity index (χ2v) is 4.96. The fraction of sp³-hybridized carbons (Fsp3) is 0.235. The van der Waals surface area contributed by atoms with Gasteiger partial charge >= 0.3 is 0 Å². The molecule has 1 heterocycles. The monoisotopic (exact) mass is 265 g/mol. The molecule has 3 aromatic rings. The van der Waals surface area contributed by atoms with Gasteiger partial charge in [-0.1, -0.05) is 43.3 Å². The summed E-state index contributed by atoms with van der Waals surface area (Å²) < 4.78 is 1.99. The maximum atomic E-state index is 4.66. The van der Waals surface area contributed by atoms with Crippen molar-refractivity contribution in [3.63, 3.8) is 0 Å². The van der Waals surface area contributed by atoms with Crippen molar-refractivity contribution in [2.24, 2.45) is 0 Å². The van der Waals surface area contributed by atoms with Crippen LogP contribution < -0.4 is 5.32 Å². The molecule has 0 atom stereocenters. The molecule has 0 unspecified atom stereocenters. The van der Waals surface area contributed by atoms with Crippen LogP contribution in [-0.2, 0) is 6.54 Å². The molecule has 0 spiro atoms. The lowest BCUT2D eigenvalue weighted by Crippen LogP contribution is -2.11. The lowest BCUT2D eigenvalue weighted by molar-refractivity contribution is 0.723. The minimum absolute atomic E-state index is 0.868. The van der Waals surface area contributed by atoms with Crippen molar-refractivity contribution in [1.82, 2.24) is 15.1 Å². The van der Waals surface area contributed by atoms with Crippen LogP contribution in [0.3, 0.4) is 0 Å². The van der Waals surface area contributed by atoms with Crippen LogP contribution in [0.5, 0.6) is 0 Å². The van der Waals surface area contributed by atoms with Gasteiger partial charge in [0.05, 0.1) is 11.4 Å². The highest BCUT2D eigenvalue weighted by atomic mass is 15.3. The highest BCUT2D eigenvalue weighted by molar-refractivity contribution is 5.89. The van der Waals surface area contributed by atoms with E-state index in [0.717, 1.165) is 24.5 Å². The molecule has 1 aromatic heterocycles. The summed E-state index contributed by atoms with van der Waals surface area (Å²) in [6.07, 6.45) is 2.12. The lowest BCUT2D eigenvalue weighted by atomic mass is 10.1. The summed E-state index contributed by atoms with van der Waals surface area (Å²) in [6.45, 7) is 6.02. The van der Waals surface area contributed by atoms with Crippen LogP contribution in [-0.4, -0.2) is 16.3 Å². The number of aryl methyl sites for hydroxylation is 1. The second-order valence-electron chi connectivity index (χ2n) is 4.96. The van der Waals surface area contributed by atoms with Crippen LogP contribution in [0.15, 0.2) is 48.7 Å². The average Bonchev–Trinajstić information content (AvgIpc) is 2.85. The van der Waals surface area contributed by atoms with Gasteiger partial charge in [0.1, 0.15) is 0 Å². The Kier molecular flexibility index (Phi) is 3.52. The largest absolute Gasteiger partial charge is 0.313 e. The van der Waals surface area contributed by atoms with Gasteiger partial charge in [-0.15, -0.1) is 0 Å². The van der Waals surface area contributed by atoms with Crippen molar-refractivity contribution in [1.29, 1.82) is 0 Å². The minimum Gasteiger partial charge on any atom is -0.313 e. The predicted octanol–water partition coefficient (Wildman–Crippen LogP) is 3.44. The minimum atomic E-state index is 0.868. The highest BCUT2D eigenvalue weighted by Gasteiger charge is 2.08. The summed E-state index contributed by atoms with van der Waals surface area (Å²) in [4.78, 5) is 0. The number of fused-ring (bicyclic) bond motifs is 1. The average molecular weight is 265 g/mol. The fourth-order valence-corrected chi connectivity index (χ4v) is 2.46. The Morgan fingerprint density at radius 3 is 2.75 bits per heavy atom. The Hall–Kier alpha value is -2.13. The van der Waals surface area contributed by atoms with Gasteiger partial charge in [0.15, 0.2) is 0 Å². The van der Waals surface area contributed by atoms with Crippen molar-refractivity contribution in [2.75, 3.05) is 6.54 Å². The van der Waals surface area contributed by atoms with Crippen LogP contribution in [0.2, 0.25) is 0 Å². The molecule has 0 bridgehead atoms. The molecule has 1 N–H and O–H groups in total. The van der Waals surface area contributed by atoms with Crippen molar-refractivity contribution in [2.45, 2.75) is 20.4 Å². The van der Waals surface area contributed by atoms with E-state index in [-0.39, 0.29) is 0 Å². The Labute approximate surface area is 119 Å². The predicted molar refractivity (Wildman–Crippen MR) is 83.2 cm³/mol. The van der Waals surface area contributed by atoms with E-state index >= 15 is 0 Å². The quantitative estimate of drug-likeness (QED) is 0.783. The van der Waals surface area contributed by atoms with E-state index in [1.807, 2.05) is 4.68 Å². The summed E-state index contributed by atoms with van der Waals surface area (Å²) in [7, 11) is 0. The third-order valence-corrected chi connectivity index (χ3v) is 3.58. The van der Waals surface area contributed by atoms with Crippen molar-refractivity contribution < 1.29 is 0 Å². The number of nitrogens with one attached hydrogen (secondary N) is 1. The van der Waals surface area contributed by atoms with Crippen LogP contribution >= 0.6 is 0 Å². The molecule has 0 aliphatic rings. The van der Waals surface area contributed by atoms with Gasteiger partial charge in [0.2, 0.25) is 0 Å². The molecule has 0 radical (unpaired) electrons. The molecule has 2 aromatic carbocycles. The Morgan fingerprint density at radius 2 is 1.90 bits per heavy atom. The molecule has 102 valence electrons. The SMILES string of the molecule is CCNCc1cn(-c2cccc3ccccc23)nc1C. The van der Waals surface area contributed by atoms with E-state index in [2.05, 4.69) is 72.9 Å². The van der Waals surface area contributed by atoms with Crippen molar-refractivity contribution in [3.8, 4) is 5.69 Å². The summed E-state index contributed by atoms with van der Waals surface area (Å²) in [5, 5.41) is 10.5. The number of hydrogen-bond donors (Lipinski definition) is 1. The molecule has 3 nitrogen and oxygen atoms in total. The number of nitrogens with zero attached hydrogens (tertiary/aromatic N) is 2. The third kappa shape index (κ3) is 2.32. The number of hydrogen-bond acceptors (Lipinski definition) is 2. The van der Waals surface area contributed by atoms with Crippen LogP contribution in [0, 0.1) is 6.92 Å². The van der Waals surface area contributed by atoms with Gasteiger partial charge in [-0.2, -0.15) is 5.10 Å². The van der Waals surface area contributed by atoms with Crippen LogP contribution in [0.1, 0.15) is 18.2 Å². The van der Waals surface area contributed by atoms with E-state index in [4.69, 9.17) is 0 Å². The molecule has 3 heteroatoms. The molecule has 0 saturated heterocycles. The maximum Gasteiger partial charge on any atom is 0.0724 e. The van der Waals surface area contributed by atoms with Gasteiger partial charge < -0.3 is 5.32 Å². The Bertz CT molecular complexity index is 723. The molecule has 0 aliphatic carbocycles. The first kappa shape index (κ1) is 12.9. The van der Waals surface area contributed by atoms with Gasteiger partial charge in [-0.3, -0.25) is 0 Å². The molecule has 0 fully saturated rings. The number of aromatic nitrogens is 2. The first-order valence-corrected chi connectivity index (χ1v) is 7.03. The number of benzene rings is 2. The normalized spacial score (nSPS) is 11.1. The van der Waals surface area contributed by atoms with E-state index in [9.17, 15) is 0 Å². The topological polar surface area (TPSA) is 29.9 Å². The second kappa shape index (κ2) is 5.47. The van der Waals surface area contributed by atoms with Gasteiger partial charge in [-0.05, 0) is 24.9 Å². The summed E-state index contributed by atoms with van der Waals surface area (Å²) >= 11 is 0. The summed E-state index contributed by atoms with van der Waals surface area (Å²) in [5.74, 6) is 0. The van der Waals surface area contributed by atoms with Gasteiger partial charge in [0.25, 0.3) is 0 Å². The summed E-state index contributed by atoms with van der Waals surface area (Å²) in [6, 6.07) is 14.7. The van der Waals surface area contributed by atoms with E-state index in [1.54, 1.807) is 0 Å². The molecule has 0 saturated carbocycles. The van der Waals surface area contributed by atoms with Gasteiger partial charge in [0, 0.05) is 23.7 Å². The van der Waals surface area contributed by atoms with E-state index in [1.165, 1.54) is 16.3 Å². The van der Waals surface area contributed by atoms with Crippen LogP contribution in [0.25, 0.3) is 16.5 Å². The van der Waals surface area contributed by atoms with Crippen molar-refractivity contribution >= 4 is 10.8 Å². The number of rotatable bonds is 4. The molecule has 20 heavy (non-hydrogen) atoms. The zero-order chi connectivity index (χ0) is 13.9. The Morgan fingerprint density at radius 1 is 1.10 bits per heavy atom. The van der Waals surface area contributed by atoms with Crippen molar-refractivity contribution in [3.05, 3.63) is 59.9 Å². The molecule has 0 aliphatic heterocycles. The first-order chi connectivity index (χ1) is 9.79. The zero-order valence-corrected chi connectivity index (χ0v) is 11.9. The Balaban J connectivity index is 2.07. The van der Waals surface area contributed by atoms with Gasteiger partial charge in [-0.25, -0.2) is 4.68 Å². The fourth-order valence-electron chi connectivity index (χ4n) is 2.46. The first-order valence-electron chi connectivity index (χ1n) is 7.03. The zero-order valence-electron chi connectivity index (χ0n) is 11.9. The maximum absolute atomic E-state index is 4.66. The summed E-state index contributed by atoms with van der Waals surface area (Å²) in [5.41, 5.74) is 3.47. The standard InChI is InChI=1S/C17H19N3/c1-3-18-11-15-12-20(19-13(15)2)17-10-6-8-14-7-4-5-9-16(14)17/h4-10,12,18H,3,11H2,1-2H3. The third-order valence-electron chi connectivity index (χ3n) is 3.58. The lowest BCUT2D eigenvalue weighted by Gasteiger charge is -2.06. The molecular weight excluding hydrogens is 246 g/mol. The smallest absolute Gasteiger partial charge is 0.0724 e. The highest BCUT2D eigenvalue weighted by Crippen LogP contribution is 2.22. The molecular formula is C17H19N3. The van der Waals surface area contributed by atoms with Crippen LogP contribution in [0.4, 0.5) is 0 Å². The molecule has 0 amide bonds. The van der Waals surface area contributed by atoms with E-state index < -0.39 is 0 Å².